The number of hydrogen-bond acceptors (Lipinski definition) is 1. The van der Waals surface area contributed by atoms with Gasteiger partial charge in [-0.3, -0.25) is 0 Å². The van der Waals surface area contributed by atoms with Gasteiger partial charge in [-0.25, -0.2) is 4.39 Å². The molecular formula is C13H15F4N. The minimum absolute atomic E-state index is 0.138. The summed E-state index contributed by atoms with van der Waals surface area (Å²) in [5, 5.41) is 3.05. The van der Waals surface area contributed by atoms with Crippen LogP contribution >= 0.6 is 0 Å². The van der Waals surface area contributed by atoms with Gasteiger partial charge in [0, 0.05) is 5.54 Å². The minimum Gasteiger partial charge on any atom is -0.377 e. The van der Waals surface area contributed by atoms with E-state index < -0.39 is 17.6 Å². The van der Waals surface area contributed by atoms with Crippen LogP contribution in [0.2, 0.25) is 0 Å². The van der Waals surface area contributed by atoms with E-state index in [1.807, 2.05) is 6.92 Å². The average molecular weight is 261 g/mol. The Kier molecular flexibility index (Phi) is 3.25. The second kappa shape index (κ2) is 4.44. The van der Waals surface area contributed by atoms with Gasteiger partial charge >= 0.3 is 6.18 Å². The van der Waals surface area contributed by atoms with Crippen molar-refractivity contribution in [3.05, 3.63) is 29.6 Å². The summed E-state index contributed by atoms with van der Waals surface area (Å²) in [6.07, 6.45) is -0.719. The van der Waals surface area contributed by atoms with Crippen molar-refractivity contribution in [2.75, 3.05) is 5.32 Å². The standard InChI is InChI=1S/C13H15F4N/c1-2-12(6-3-7-12)18-11-5-4-9(8-10(11)14)13(15,16)17/h4-5,8,18H,2-3,6-7H2,1H3. The van der Waals surface area contributed by atoms with E-state index in [1.165, 1.54) is 6.07 Å². The van der Waals surface area contributed by atoms with Gasteiger partial charge in [0.15, 0.2) is 0 Å². The smallest absolute Gasteiger partial charge is 0.377 e. The maximum atomic E-state index is 13.6. The summed E-state index contributed by atoms with van der Waals surface area (Å²) >= 11 is 0. The molecule has 1 aliphatic carbocycles. The SMILES string of the molecule is CCC1(Nc2ccc(C(F)(F)F)cc2F)CCC1. The third-order valence-corrected chi connectivity index (χ3v) is 3.68. The van der Waals surface area contributed by atoms with Crippen molar-refractivity contribution in [2.24, 2.45) is 0 Å². The maximum Gasteiger partial charge on any atom is 0.416 e. The molecule has 0 atom stereocenters. The number of anilines is 1. The molecule has 0 saturated heterocycles. The highest BCUT2D eigenvalue weighted by atomic mass is 19.4. The molecule has 0 aliphatic heterocycles. The molecule has 5 heteroatoms. The Morgan fingerprint density at radius 2 is 1.94 bits per heavy atom. The quantitative estimate of drug-likeness (QED) is 0.785. The van der Waals surface area contributed by atoms with Crippen LogP contribution in [0, 0.1) is 5.82 Å². The lowest BCUT2D eigenvalue weighted by molar-refractivity contribution is -0.137. The second-order valence-electron chi connectivity index (χ2n) is 4.80. The zero-order chi connectivity index (χ0) is 13.4. The number of hydrogen-bond donors (Lipinski definition) is 1. The monoisotopic (exact) mass is 261 g/mol. The Balaban J connectivity index is 2.20. The van der Waals surface area contributed by atoms with Gasteiger partial charge in [-0.05, 0) is 43.9 Å². The first-order chi connectivity index (χ1) is 8.36. The number of nitrogens with one attached hydrogen (secondary N) is 1. The second-order valence-corrected chi connectivity index (χ2v) is 4.80. The average Bonchev–Trinajstić information content (AvgIpc) is 2.24. The number of halogens is 4. The fourth-order valence-electron chi connectivity index (χ4n) is 2.25. The van der Waals surface area contributed by atoms with Crippen molar-refractivity contribution in [3.63, 3.8) is 0 Å². The molecule has 0 unspecified atom stereocenters. The summed E-state index contributed by atoms with van der Waals surface area (Å²) in [6, 6.07) is 2.63. The summed E-state index contributed by atoms with van der Waals surface area (Å²) in [7, 11) is 0. The van der Waals surface area contributed by atoms with Crippen LogP contribution in [0.3, 0.4) is 0 Å². The first-order valence-electron chi connectivity index (χ1n) is 6.01. The summed E-state index contributed by atoms with van der Waals surface area (Å²) in [4.78, 5) is 0. The van der Waals surface area contributed by atoms with E-state index in [-0.39, 0.29) is 11.2 Å². The molecule has 0 aromatic heterocycles. The Morgan fingerprint density at radius 1 is 1.28 bits per heavy atom. The third-order valence-electron chi connectivity index (χ3n) is 3.68. The number of benzene rings is 1. The molecule has 0 amide bonds. The Labute approximate surface area is 103 Å². The highest BCUT2D eigenvalue weighted by Crippen LogP contribution is 2.39. The van der Waals surface area contributed by atoms with Gasteiger partial charge in [0.2, 0.25) is 0 Å². The molecule has 0 spiro atoms. The van der Waals surface area contributed by atoms with Crippen LogP contribution in [-0.2, 0) is 6.18 Å². The van der Waals surface area contributed by atoms with Gasteiger partial charge in [-0.2, -0.15) is 13.2 Å². The molecule has 1 nitrogen and oxygen atoms in total. The Bertz CT molecular complexity index is 430. The van der Waals surface area contributed by atoms with Crippen LogP contribution in [0.1, 0.15) is 38.2 Å². The molecule has 1 aliphatic rings. The molecule has 1 fully saturated rings. The fourth-order valence-corrected chi connectivity index (χ4v) is 2.25. The molecule has 1 saturated carbocycles. The van der Waals surface area contributed by atoms with Gasteiger partial charge in [0.1, 0.15) is 5.82 Å². The van der Waals surface area contributed by atoms with Crippen LogP contribution in [0.4, 0.5) is 23.2 Å². The third kappa shape index (κ3) is 2.44. The van der Waals surface area contributed by atoms with Crippen molar-refractivity contribution >= 4 is 5.69 Å². The van der Waals surface area contributed by atoms with Gasteiger partial charge in [0.25, 0.3) is 0 Å². The normalized spacial score (nSPS) is 18.3. The van der Waals surface area contributed by atoms with E-state index in [1.54, 1.807) is 0 Å². The van der Waals surface area contributed by atoms with Crippen LogP contribution in [0.15, 0.2) is 18.2 Å². The molecule has 2 rings (SSSR count). The lowest BCUT2D eigenvalue weighted by Crippen LogP contribution is -2.44. The zero-order valence-corrected chi connectivity index (χ0v) is 10.1. The summed E-state index contributed by atoms with van der Waals surface area (Å²) < 4.78 is 50.8. The van der Waals surface area contributed by atoms with E-state index in [2.05, 4.69) is 5.32 Å². The van der Waals surface area contributed by atoms with Crippen LogP contribution in [0.5, 0.6) is 0 Å². The number of alkyl halides is 3. The largest absolute Gasteiger partial charge is 0.416 e. The van der Waals surface area contributed by atoms with Gasteiger partial charge in [0.05, 0.1) is 11.3 Å². The highest BCUT2D eigenvalue weighted by molar-refractivity contribution is 5.49. The maximum absolute atomic E-state index is 13.6. The van der Waals surface area contributed by atoms with Crippen molar-refractivity contribution in [3.8, 4) is 0 Å². The van der Waals surface area contributed by atoms with E-state index in [4.69, 9.17) is 0 Å². The summed E-state index contributed by atoms with van der Waals surface area (Å²) in [6.45, 7) is 1.99. The first kappa shape index (κ1) is 13.2. The first-order valence-corrected chi connectivity index (χ1v) is 6.01. The molecule has 1 aromatic rings. The van der Waals surface area contributed by atoms with Gasteiger partial charge < -0.3 is 5.32 Å². The molecule has 0 radical (unpaired) electrons. The zero-order valence-electron chi connectivity index (χ0n) is 10.1. The summed E-state index contributed by atoms with van der Waals surface area (Å²) in [5.74, 6) is -0.843. The van der Waals surface area contributed by atoms with Gasteiger partial charge in [-0.15, -0.1) is 0 Å². The Hall–Kier alpha value is -1.26. The fraction of sp³-hybridized carbons (Fsp3) is 0.538. The van der Waals surface area contributed by atoms with Gasteiger partial charge in [-0.1, -0.05) is 6.92 Å². The predicted octanol–water partition coefficient (Wildman–Crippen LogP) is 4.59. The molecule has 100 valence electrons. The van der Waals surface area contributed by atoms with E-state index >= 15 is 0 Å². The lowest BCUT2D eigenvalue weighted by atomic mass is 9.74. The van der Waals surface area contributed by atoms with Crippen LogP contribution in [-0.4, -0.2) is 5.54 Å². The molecule has 0 bridgehead atoms. The topological polar surface area (TPSA) is 12.0 Å². The Morgan fingerprint density at radius 3 is 2.33 bits per heavy atom. The molecule has 18 heavy (non-hydrogen) atoms. The highest BCUT2D eigenvalue weighted by Gasteiger charge is 2.36. The molecule has 1 aromatic carbocycles. The lowest BCUT2D eigenvalue weighted by Gasteiger charge is -2.43. The molecule has 0 heterocycles. The molecular weight excluding hydrogens is 246 g/mol. The molecule has 1 N–H and O–H groups in total. The van der Waals surface area contributed by atoms with E-state index in [9.17, 15) is 17.6 Å². The summed E-state index contributed by atoms with van der Waals surface area (Å²) in [5.41, 5.74) is -0.935. The van der Waals surface area contributed by atoms with Crippen molar-refractivity contribution < 1.29 is 17.6 Å². The van der Waals surface area contributed by atoms with Crippen LogP contribution < -0.4 is 5.32 Å². The van der Waals surface area contributed by atoms with Crippen LogP contribution in [0.25, 0.3) is 0 Å². The number of rotatable bonds is 3. The van der Waals surface area contributed by atoms with Crippen molar-refractivity contribution in [2.45, 2.75) is 44.3 Å². The van der Waals surface area contributed by atoms with Crippen molar-refractivity contribution in [1.29, 1.82) is 0 Å². The predicted molar refractivity (Wildman–Crippen MR) is 61.9 cm³/mol. The minimum atomic E-state index is -4.50. The van der Waals surface area contributed by atoms with E-state index in [0.29, 0.717) is 6.07 Å². The van der Waals surface area contributed by atoms with Crippen molar-refractivity contribution in [1.82, 2.24) is 0 Å². The van der Waals surface area contributed by atoms with E-state index in [0.717, 1.165) is 31.7 Å².